The highest BCUT2D eigenvalue weighted by atomic mass is 79.9. The topological polar surface area (TPSA) is 17.1 Å². The highest BCUT2D eigenvalue weighted by Gasteiger charge is 2.08. The van der Waals surface area contributed by atoms with Crippen molar-refractivity contribution in [2.45, 2.75) is 33.1 Å². The summed E-state index contributed by atoms with van der Waals surface area (Å²) in [4.78, 5) is 11.4. The molecule has 0 heterocycles. The smallest absolute Gasteiger partial charge is 0.135 e. The molecule has 0 atom stereocenters. The van der Waals surface area contributed by atoms with Crippen molar-refractivity contribution in [2.24, 2.45) is 5.92 Å². The molecule has 0 aliphatic carbocycles. The summed E-state index contributed by atoms with van der Waals surface area (Å²) >= 11 is 3.37. The van der Waals surface area contributed by atoms with Gasteiger partial charge in [-0.15, -0.1) is 0 Å². The number of aryl methyl sites for hydroxylation is 1. The molecule has 0 radical (unpaired) electrons. The van der Waals surface area contributed by atoms with E-state index in [1.807, 2.05) is 13.8 Å². The Morgan fingerprint density at radius 1 is 1.44 bits per heavy atom. The molecule has 0 bridgehead atoms. The van der Waals surface area contributed by atoms with Crippen LogP contribution in [0, 0.1) is 11.7 Å². The molecule has 0 saturated carbocycles. The lowest BCUT2D eigenvalue weighted by Crippen LogP contribution is -2.06. The van der Waals surface area contributed by atoms with Gasteiger partial charge in [0, 0.05) is 16.8 Å². The predicted octanol–water partition coefficient (Wildman–Crippen LogP) is 4.14. The SMILES string of the molecule is CC(C)C(=O)CCCc1cc(F)ccc1Br. The predicted molar refractivity (Wildman–Crippen MR) is 66.9 cm³/mol. The molecule has 0 aliphatic rings. The maximum absolute atomic E-state index is 13.0. The third-order valence-electron chi connectivity index (χ3n) is 2.52. The first-order valence-corrected chi connectivity index (χ1v) is 6.26. The largest absolute Gasteiger partial charge is 0.299 e. The van der Waals surface area contributed by atoms with E-state index in [0.29, 0.717) is 6.42 Å². The van der Waals surface area contributed by atoms with Crippen LogP contribution in [0.4, 0.5) is 4.39 Å². The van der Waals surface area contributed by atoms with Gasteiger partial charge >= 0.3 is 0 Å². The van der Waals surface area contributed by atoms with Crippen molar-refractivity contribution >= 4 is 21.7 Å². The monoisotopic (exact) mass is 286 g/mol. The molecule has 3 heteroatoms. The van der Waals surface area contributed by atoms with Gasteiger partial charge < -0.3 is 0 Å². The van der Waals surface area contributed by atoms with Crippen LogP contribution in [0.25, 0.3) is 0 Å². The number of carbonyl (C=O) groups excluding carboxylic acids is 1. The molecule has 16 heavy (non-hydrogen) atoms. The fraction of sp³-hybridized carbons (Fsp3) is 0.462. The summed E-state index contributed by atoms with van der Waals surface area (Å²) in [6, 6.07) is 4.64. The molecule has 0 N–H and O–H groups in total. The quantitative estimate of drug-likeness (QED) is 0.795. The molecule has 1 aromatic carbocycles. The Morgan fingerprint density at radius 2 is 2.12 bits per heavy atom. The van der Waals surface area contributed by atoms with Crippen LogP contribution >= 0.6 is 15.9 Å². The van der Waals surface area contributed by atoms with Crippen molar-refractivity contribution < 1.29 is 9.18 Å². The molecule has 0 saturated heterocycles. The summed E-state index contributed by atoms with van der Waals surface area (Å²) in [5.41, 5.74) is 0.927. The lowest BCUT2D eigenvalue weighted by molar-refractivity contribution is -0.121. The van der Waals surface area contributed by atoms with Gasteiger partial charge in [-0.1, -0.05) is 29.8 Å². The first-order valence-electron chi connectivity index (χ1n) is 5.47. The van der Waals surface area contributed by atoms with E-state index >= 15 is 0 Å². The number of Topliss-reactive ketones (excluding diaryl/α,β-unsaturated/α-hetero) is 1. The molecule has 88 valence electrons. The second kappa shape index (κ2) is 6.14. The van der Waals surface area contributed by atoms with Crippen LogP contribution in [0.3, 0.4) is 0 Å². The van der Waals surface area contributed by atoms with Crippen molar-refractivity contribution in [3.8, 4) is 0 Å². The van der Waals surface area contributed by atoms with E-state index in [1.165, 1.54) is 12.1 Å². The molecule has 0 aliphatic heterocycles. The Bertz CT molecular complexity index is 374. The van der Waals surface area contributed by atoms with Crippen molar-refractivity contribution in [3.63, 3.8) is 0 Å². The number of halogens is 2. The molecule has 0 unspecified atom stereocenters. The zero-order chi connectivity index (χ0) is 12.1. The second-order valence-electron chi connectivity index (χ2n) is 4.21. The Labute approximate surface area is 104 Å². The van der Waals surface area contributed by atoms with E-state index in [4.69, 9.17) is 0 Å². The van der Waals surface area contributed by atoms with Crippen LogP contribution in [-0.4, -0.2) is 5.78 Å². The highest BCUT2D eigenvalue weighted by Crippen LogP contribution is 2.20. The van der Waals surface area contributed by atoms with Crippen LogP contribution < -0.4 is 0 Å². The Kier molecular flexibility index (Phi) is 5.13. The molecule has 0 aromatic heterocycles. The number of ketones is 1. The number of hydrogen-bond donors (Lipinski definition) is 0. The summed E-state index contributed by atoms with van der Waals surface area (Å²) in [5, 5.41) is 0. The fourth-order valence-corrected chi connectivity index (χ4v) is 1.92. The summed E-state index contributed by atoms with van der Waals surface area (Å²) in [6.07, 6.45) is 2.08. The summed E-state index contributed by atoms with van der Waals surface area (Å²) in [5.74, 6) is 0.136. The van der Waals surface area contributed by atoms with Gasteiger partial charge in [-0.05, 0) is 36.6 Å². The fourth-order valence-electron chi connectivity index (χ4n) is 1.48. The van der Waals surface area contributed by atoms with Crippen molar-refractivity contribution in [1.29, 1.82) is 0 Å². The number of carbonyl (C=O) groups is 1. The molecule has 1 rings (SSSR count). The number of benzene rings is 1. The van der Waals surface area contributed by atoms with Crippen LogP contribution in [0.1, 0.15) is 32.3 Å². The van der Waals surface area contributed by atoms with Crippen LogP contribution in [0.15, 0.2) is 22.7 Å². The van der Waals surface area contributed by atoms with E-state index in [9.17, 15) is 9.18 Å². The third-order valence-corrected chi connectivity index (χ3v) is 3.29. The van der Waals surface area contributed by atoms with Gasteiger partial charge in [0.25, 0.3) is 0 Å². The van der Waals surface area contributed by atoms with Crippen molar-refractivity contribution in [1.82, 2.24) is 0 Å². The standard InChI is InChI=1S/C13H16BrFO/c1-9(2)13(16)5-3-4-10-8-11(15)6-7-12(10)14/h6-9H,3-5H2,1-2H3. The van der Waals surface area contributed by atoms with E-state index in [1.54, 1.807) is 6.07 Å². The summed E-state index contributed by atoms with van der Waals surface area (Å²) in [7, 11) is 0. The molecule has 1 aromatic rings. The molecule has 1 nitrogen and oxygen atoms in total. The second-order valence-corrected chi connectivity index (χ2v) is 5.06. The lowest BCUT2D eigenvalue weighted by atomic mass is 10.0. The molecule has 0 fully saturated rings. The Morgan fingerprint density at radius 3 is 2.75 bits per heavy atom. The number of hydrogen-bond acceptors (Lipinski definition) is 1. The third kappa shape index (κ3) is 4.05. The van der Waals surface area contributed by atoms with Gasteiger partial charge in [0.05, 0.1) is 0 Å². The van der Waals surface area contributed by atoms with Crippen LogP contribution in [0.5, 0.6) is 0 Å². The first-order chi connectivity index (χ1) is 7.50. The minimum Gasteiger partial charge on any atom is -0.299 e. The van der Waals surface area contributed by atoms with Crippen molar-refractivity contribution in [3.05, 3.63) is 34.1 Å². The van der Waals surface area contributed by atoms with Crippen molar-refractivity contribution in [2.75, 3.05) is 0 Å². The molecular formula is C13H16BrFO. The Hall–Kier alpha value is -0.700. The summed E-state index contributed by atoms with van der Waals surface area (Å²) in [6.45, 7) is 3.81. The van der Waals surface area contributed by atoms with Crippen LogP contribution in [0.2, 0.25) is 0 Å². The van der Waals surface area contributed by atoms with Gasteiger partial charge in [0.15, 0.2) is 0 Å². The minimum absolute atomic E-state index is 0.0935. The average Bonchev–Trinajstić information content (AvgIpc) is 2.22. The first kappa shape index (κ1) is 13.4. The number of rotatable bonds is 5. The zero-order valence-electron chi connectivity index (χ0n) is 9.59. The van der Waals surface area contributed by atoms with Crippen LogP contribution in [-0.2, 0) is 11.2 Å². The van der Waals surface area contributed by atoms with Gasteiger partial charge in [-0.25, -0.2) is 4.39 Å². The molecule has 0 spiro atoms. The maximum Gasteiger partial charge on any atom is 0.135 e. The molecule has 0 amide bonds. The van der Waals surface area contributed by atoms with E-state index in [2.05, 4.69) is 15.9 Å². The maximum atomic E-state index is 13.0. The van der Waals surface area contributed by atoms with E-state index < -0.39 is 0 Å². The lowest BCUT2D eigenvalue weighted by Gasteiger charge is -2.06. The van der Waals surface area contributed by atoms with E-state index in [-0.39, 0.29) is 17.5 Å². The van der Waals surface area contributed by atoms with Gasteiger partial charge in [0.1, 0.15) is 11.6 Å². The average molecular weight is 287 g/mol. The Balaban J connectivity index is 2.49. The highest BCUT2D eigenvalue weighted by molar-refractivity contribution is 9.10. The van der Waals surface area contributed by atoms with Gasteiger partial charge in [0.2, 0.25) is 0 Å². The van der Waals surface area contributed by atoms with Gasteiger partial charge in [-0.3, -0.25) is 4.79 Å². The van der Waals surface area contributed by atoms with E-state index in [0.717, 1.165) is 22.9 Å². The zero-order valence-corrected chi connectivity index (χ0v) is 11.2. The molecular weight excluding hydrogens is 271 g/mol. The summed E-state index contributed by atoms with van der Waals surface area (Å²) < 4.78 is 13.9. The minimum atomic E-state index is -0.228. The van der Waals surface area contributed by atoms with Gasteiger partial charge in [-0.2, -0.15) is 0 Å². The normalized spacial score (nSPS) is 10.8.